The quantitative estimate of drug-likeness (QED) is 0.448. The maximum Gasteiger partial charge on any atom is 0.247 e. The molecule has 2 aromatic rings. The second kappa shape index (κ2) is 9.67. The van der Waals surface area contributed by atoms with E-state index in [1.807, 2.05) is 19.1 Å². The molecule has 2 aliphatic rings. The molecule has 1 heterocycles. The van der Waals surface area contributed by atoms with Gasteiger partial charge in [-0.1, -0.05) is 41.9 Å². The molecule has 2 atom stereocenters. The first-order chi connectivity index (χ1) is 15.9. The maximum absolute atomic E-state index is 12.0. The first-order valence-electron chi connectivity index (χ1n) is 10.7. The molecule has 6 nitrogen and oxygen atoms in total. The lowest BCUT2D eigenvalue weighted by molar-refractivity contribution is -0.111. The highest BCUT2D eigenvalue weighted by Gasteiger charge is 2.35. The molecule has 0 spiro atoms. The van der Waals surface area contributed by atoms with Crippen LogP contribution in [-0.2, 0) is 4.79 Å². The summed E-state index contributed by atoms with van der Waals surface area (Å²) < 4.78 is 10.9. The number of anilines is 1. The lowest BCUT2D eigenvalue weighted by Crippen LogP contribution is -2.28. The second-order valence-corrected chi connectivity index (χ2v) is 9.01. The Morgan fingerprint density at radius 2 is 1.88 bits per heavy atom. The lowest BCUT2D eigenvalue weighted by Gasteiger charge is -2.28. The molecule has 174 valence electrons. The number of hydrogen-bond donors (Lipinski definition) is 3. The monoisotopic (exact) mass is 487 g/mol. The Kier molecular flexibility index (Phi) is 6.88. The summed E-state index contributed by atoms with van der Waals surface area (Å²) in [4.78, 5) is 12.0. The lowest BCUT2D eigenvalue weighted by atomic mass is 9.80. The Morgan fingerprint density at radius 3 is 2.52 bits per heavy atom. The van der Waals surface area contributed by atoms with E-state index in [9.17, 15) is 4.79 Å². The molecule has 3 N–H and O–H groups in total. The van der Waals surface area contributed by atoms with Crippen molar-refractivity contribution in [2.45, 2.75) is 38.1 Å². The van der Waals surface area contributed by atoms with Crippen LogP contribution in [0.15, 0.2) is 48.2 Å². The van der Waals surface area contributed by atoms with Crippen molar-refractivity contribution >= 4 is 34.8 Å². The summed E-state index contributed by atoms with van der Waals surface area (Å²) in [6, 6.07) is 7.74. The summed E-state index contributed by atoms with van der Waals surface area (Å²) in [5.41, 5.74) is 12.8. The largest absolute Gasteiger partial charge is 0.495 e. The van der Waals surface area contributed by atoms with Gasteiger partial charge in [-0.2, -0.15) is 0 Å². The van der Waals surface area contributed by atoms with Gasteiger partial charge in [0.2, 0.25) is 5.91 Å². The zero-order valence-corrected chi connectivity index (χ0v) is 20.4. The minimum absolute atomic E-state index is 0.0487. The Bertz CT molecular complexity index is 1120. The van der Waals surface area contributed by atoms with Gasteiger partial charge in [0, 0.05) is 23.0 Å². The summed E-state index contributed by atoms with van der Waals surface area (Å²) >= 11 is 13.4. The van der Waals surface area contributed by atoms with Crippen molar-refractivity contribution in [2.24, 2.45) is 0 Å². The first kappa shape index (κ1) is 23.5. The number of carbonyl (C=O) groups excluding carboxylic acids is 1. The molecular weight excluding hydrogens is 461 g/mol. The van der Waals surface area contributed by atoms with E-state index in [1.54, 1.807) is 20.3 Å². The minimum atomic E-state index is -0.234. The number of hydrogen-bond acceptors (Lipinski definition) is 5. The van der Waals surface area contributed by atoms with E-state index >= 15 is 0 Å². The van der Waals surface area contributed by atoms with Crippen molar-refractivity contribution in [2.75, 3.05) is 19.5 Å². The number of hydrazine groups is 1. The predicted molar refractivity (Wildman–Crippen MR) is 132 cm³/mol. The van der Waals surface area contributed by atoms with E-state index in [1.165, 1.54) is 11.6 Å². The van der Waals surface area contributed by atoms with Crippen LogP contribution in [0.4, 0.5) is 5.69 Å². The zero-order chi connectivity index (χ0) is 23.7. The van der Waals surface area contributed by atoms with Crippen LogP contribution in [0.3, 0.4) is 0 Å². The molecule has 2 aromatic carbocycles. The van der Waals surface area contributed by atoms with Gasteiger partial charge in [0.1, 0.15) is 11.5 Å². The third-order valence-corrected chi connectivity index (χ3v) is 7.07. The Morgan fingerprint density at radius 1 is 1.18 bits per heavy atom. The van der Waals surface area contributed by atoms with Gasteiger partial charge >= 0.3 is 0 Å². The number of methoxy groups -OCH3 is 2. The molecule has 1 amide bonds. The van der Waals surface area contributed by atoms with Crippen molar-refractivity contribution < 1.29 is 14.3 Å². The van der Waals surface area contributed by atoms with Crippen LogP contribution in [0.1, 0.15) is 47.9 Å². The van der Waals surface area contributed by atoms with Crippen LogP contribution in [0.2, 0.25) is 10.0 Å². The average Bonchev–Trinajstić information content (AvgIpc) is 3.22. The van der Waals surface area contributed by atoms with Crippen molar-refractivity contribution in [3.63, 3.8) is 0 Å². The molecule has 0 radical (unpaired) electrons. The van der Waals surface area contributed by atoms with Crippen LogP contribution < -0.4 is 25.6 Å². The highest BCUT2D eigenvalue weighted by atomic mass is 35.5. The fourth-order valence-corrected chi connectivity index (χ4v) is 5.45. The number of halogens is 2. The molecule has 2 unspecified atom stereocenters. The summed E-state index contributed by atoms with van der Waals surface area (Å²) in [7, 11) is 3.16. The molecule has 0 saturated heterocycles. The van der Waals surface area contributed by atoms with E-state index in [0.29, 0.717) is 21.5 Å². The van der Waals surface area contributed by atoms with Crippen LogP contribution in [-0.4, -0.2) is 20.1 Å². The number of allylic oxidation sites excluding steroid dienone is 1. The van der Waals surface area contributed by atoms with Gasteiger partial charge in [-0.05, 0) is 60.9 Å². The zero-order valence-electron chi connectivity index (χ0n) is 18.9. The number of ether oxygens (including phenoxy) is 2. The summed E-state index contributed by atoms with van der Waals surface area (Å²) in [6.45, 7) is 5.56. The maximum atomic E-state index is 12.0. The van der Waals surface area contributed by atoms with Gasteiger partial charge in [0.25, 0.3) is 0 Å². The number of benzene rings is 2. The van der Waals surface area contributed by atoms with E-state index < -0.39 is 0 Å². The Labute approximate surface area is 203 Å². The molecule has 0 saturated carbocycles. The van der Waals surface area contributed by atoms with E-state index in [0.717, 1.165) is 47.3 Å². The smallest absolute Gasteiger partial charge is 0.247 e. The van der Waals surface area contributed by atoms with Crippen molar-refractivity contribution in [3.05, 3.63) is 74.9 Å². The van der Waals surface area contributed by atoms with Gasteiger partial charge in [0.15, 0.2) is 0 Å². The highest BCUT2D eigenvalue weighted by Crippen LogP contribution is 2.50. The first-order valence-corrected chi connectivity index (χ1v) is 11.5. The second-order valence-electron chi connectivity index (χ2n) is 8.25. The fraction of sp³-hybridized carbons (Fsp3) is 0.320. The number of amides is 1. The average molecular weight is 488 g/mol. The topological polar surface area (TPSA) is 71.6 Å². The summed E-state index contributed by atoms with van der Waals surface area (Å²) in [6.07, 6.45) is 3.74. The van der Waals surface area contributed by atoms with Crippen molar-refractivity contribution in [1.29, 1.82) is 0 Å². The van der Waals surface area contributed by atoms with Gasteiger partial charge in [0.05, 0.1) is 30.3 Å². The van der Waals surface area contributed by atoms with Gasteiger partial charge in [-0.15, -0.1) is 0 Å². The Balaban J connectivity index is 1.66. The van der Waals surface area contributed by atoms with Crippen LogP contribution in [0.5, 0.6) is 11.5 Å². The molecule has 8 heteroatoms. The van der Waals surface area contributed by atoms with Crippen LogP contribution in [0.25, 0.3) is 0 Å². The van der Waals surface area contributed by atoms with E-state index in [2.05, 4.69) is 28.8 Å². The van der Waals surface area contributed by atoms with Crippen molar-refractivity contribution in [3.8, 4) is 11.5 Å². The summed E-state index contributed by atoms with van der Waals surface area (Å²) in [5, 5.41) is 3.98. The molecule has 0 aromatic heterocycles. The standard InChI is InChI=1S/C25H27Cl2N3O3/c1-5-21(31)28-17-10-13(2)6-8-15(17)25-16-9-7-14(11-18(16)29-30-25)22-23(26)19(32-3)12-20(33-4)24(22)27/h5-6,8,10,12,14,25,29-30H,1,7,9,11H2,2-4H3,(H,28,31). The highest BCUT2D eigenvalue weighted by molar-refractivity contribution is 6.38. The number of rotatable bonds is 6. The predicted octanol–water partition coefficient (Wildman–Crippen LogP) is 5.81. The molecule has 1 aliphatic heterocycles. The number of nitrogens with one attached hydrogen (secondary N) is 3. The van der Waals surface area contributed by atoms with Crippen molar-refractivity contribution in [1.82, 2.24) is 10.9 Å². The van der Waals surface area contributed by atoms with Gasteiger partial charge in [-0.25, -0.2) is 5.43 Å². The minimum Gasteiger partial charge on any atom is -0.495 e. The van der Waals surface area contributed by atoms with Crippen LogP contribution in [0, 0.1) is 6.92 Å². The van der Waals surface area contributed by atoms with E-state index in [-0.39, 0.29) is 17.9 Å². The van der Waals surface area contributed by atoms with Gasteiger partial charge in [-0.3, -0.25) is 4.79 Å². The van der Waals surface area contributed by atoms with Crippen LogP contribution >= 0.6 is 23.2 Å². The molecule has 0 bridgehead atoms. The molecular formula is C25H27Cl2N3O3. The normalized spacial score (nSPS) is 19.5. The SMILES string of the molecule is C=CC(=O)Nc1cc(C)ccc1C1NNC2=C1CCC(c1c(Cl)c(OC)cc(OC)c1Cl)C2. The third kappa shape index (κ3) is 4.43. The molecule has 1 aliphatic carbocycles. The molecule has 4 rings (SSSR count). The van der Waals surface area contributed by atoms with Gasteiger partial charge < -0.3 is 20.2 Å². The van der Waals surface area contributed by atoms with E-state index in [4.69, 9.17) is 32.7 Å². The molecule has 33 heavy (non-hydrogen) atoms. The fourth-order valence-electron chi connectivity index (χ4n) is 4.65. The number of carbonyl (C=O) groups is 1. The number of aryl methyl sites for hydroxylation is 1. The summed E-state index contributed by atoms with van der Waals surface area (Å²) in [5.74, 6) is 0.969. The third-order valence-electron chi connectivity index (χ3n) is 6.30. The molecule has 0 fully saturated rings. The Hall–Kier alpha value is -2.67.